The summed E-state index contributed by atoms with van der Waals surface area (Å²) in [4.78, 5) is 30.0. The number of hydrogen-bond donors (Lipinski definition) is 1. The van der Waals surface area contributed by atoms with Crippen molar-refractivity contribution in [3.8, 4) is 0 Å². The van der Waals surface area contributed by atoms with E-state index < -0.39 is 12.0 Å². The molecular weight excluding hydrogens is 436 g/mol. The van der Waals surface area contributed by atoms with Crippen molar-refractivity contribution in [3.05, 3.63) is 93.7 Å². The summed E-state index contributed by atoms with van der Waals surface area (Å²) in [6, 6.07) is 16.4. The van der Waals surface area contributed by atoms with Crippen molar-refractivity contribution in [1.82, 2.24) is 18.5 Å². The molecular formula is C25H22N4O3S. The number of pyridine rings is 1. The van der Waals surface area contributed by atoms with Crippen LogP contribution in [-0.4, -0.2) is 29.6 Å². The zero-order valence-electron chi connectivity index (χ0n) is 18.2. The van der Waals surface area contributed by atoms with E-state index >= 15 is 0 Å². The quantitative estimate of drug-likeness (QED) is 0.404. The van der Waals surface area contributed by atoms with Gasteiger partial charge in [-0.2, -0.15) is 4.37 Å². The van der Waals surface area contributed by atoms with Crippen molar-refractivity contribution >= 4 is 38.8 Å². The molecule has 1 atom stereocenters. The highest BCUT2D eigenvalue weighted by atomic mass is 32.1. The maximum absolute atomic E-state index is 13.8. The highest BCUT2D eigenvalue weighted by Gasteiger charge is 2.25. The average Bonchev–Trinajstić information content (AvgIpc) is 3.32. The van der Waals surface area contributed by atoms with Gasteiger partial charge in [0.15, 0.2) is 5.65 Å². The van der Waals surface area contributed by atoms with E-state index in [0.717, 1.165) is 26.9 Å². The Morgan fingerprint density at radius 2 is 1.91 bits per heavy atom. The number of carboxylic acids is 1. The molecule has 1 unspecified atom stereocenters. The van der Waals surface area contributed by atoms with Crippen molar-refractivity contribution in [2.45, 2.75) is 32.9 Å². The van der Waals surface area contributed by atoms with Gasteiger partial charge < -0.3 is 5.11 Å². The Hall–Kier alpha value is -3.78. The molecule has 0 saturated carbocycles. The lowest BCUT2D eigenvalue weighted by atomic mass is 10.0. The van der Waals surface area contributed by atoms with Crippen LogP contribution in [0, 0.1) is 13.8 Å². The zero-order valence-corrected chi connectivity index (χ0v) is 19.0. The summed E-state index contributed by atoms with van der Waals surface area (Å²) in [7, 11) is 0. The van der Waals surface area contributed by atoms with Crippen LogP contribution in [0.2, 0.25) is 0 Å². The number of carboxylic acid groups (broad SMARTS) is 1. The molecule has 0 fully saturated rings. The summed E-state index contributed by atoms with van der Waals surface area (Å²) in [5.74, 6) is -0.982. The van der Waals surface area contributed by atoms with Crippen molar-refractivity contribution < 1.29 is 9.90 Å². The molecule has 166 valence electrons. The van der Waals surface area contributed by atoms with E-state index in [4.69, 9.17) is 0 Å². The number of nitrogens with zero attached hydrogens (tertiary/aromatic N) is 4. The molecule has 0 amide bonds. The Balaban J connectivity index is 1.71. The van der Waals surface area contributed by atoms with Crippen LogP contribution < -0.4 is 5.69 Å². The third kappa shape index (κ3) is 3.72. The monoisotopic (exact) mass is 458 g/mol. The minimum Gasteiger partial charge on any atom is -0.481 e. The molecule has 1 N–H and O–H groups in total. The number of carbonyl (C=O) groups is 1. The Bertz CT molecular complexity index is 1550. The Morgan fingerprint density at radius 1 is 1.12 bits per heavy atom. The van der Waals surface area contributed by atoms with Gasteiger partial charge in [0, 0.05) is 11.6 Å². The van der Waals surface area contributed by atoms with Crippen LogP contribution in [-0.2, 0) is 11.3 Å². The highest BCUT2D eigenvalue weighted by Crippen LogP contribution is 2.29. The van der Waals surface area contributed by atoms with Gasteiger partial charge in [0.25, 0.3) is 0 Å². The second-order valence-corrected chi connectivity index (χ2v) is 9.00. The molecule has 2 aromatic carbocycles. The Labute approximate surface area is 193 Å². The smallest absolute Gasteiger partial charge is 0.331 e. The first-order valence-electron chi connectivity index (χ1n) is 10.6. The fourth-order valence-electron chi connectivity index (χ4n) is 4.52. The van der Waals surface area contributed by atoms with Gasteiger partial charge in [-0.25, -0.2) is 9.78 Å². The molecule has 5 aromatic rings. The molecule has 5 rings (SSSR count). The first-order chi connectivity index (χ1) is 15.9. The lowest BCUT2D eigenvalue weighted by Crippen LogP contribution is -2.30. The molecule has 7 nitrogen and oxygen atoms in total. The minimum atomic E-state index is -0.982. The van der Waals surface area contributed by atoms with Gasteiger partial charge in [-0.15, -0.1) is 0 Å². The number of rotatable bonds is 6. The van der Waals surface area contributed by atoms with E-state index in [1.54, 1.807) is 16.8 Å². The summed E-state index contributed by atoms with van der Waals surface area (Å²) in [6.45, 7) is 4.40. The molecule has 0 radical (unpaired) electrons. The number of fused-ring (bicyclic) bond motifs is 2. The van der Waals surface area contributed by atoms with Crippen LogP contribution in [0.5, 0.6) is 0 Å². The molecule has 0 aliphatic rings. The fraction of sp³-hybridized carbons (Fsp3) is 0.200. The highest BCUT2D eigenvalue weighted by molar-refractivity contribution is 7.13. The van der Waals surface area contributed by atoms with Crippen LogP contribution in [0.25, 0.3) is 21.3 Å². The number of aliphatic carboxylic acids is 1. The Kier molecular flexibility index (Phi) is 5.30. The van der Waals surface area contributed by atoms with Crippen LogP contribution in [0.15, 0.2) is 65.6 Å². The van der Waals surface area contributed by atoms with Gasteiger partial charge in [-0.1, -0.05) is 36.4 Å². The normalized spacial score (nSPS) is 12.4. The van der Waals surface area contributed by atoms with Gasteiger partial charge in [0.2, 0.25) is 0 Å². The number of imidazole rings is 1. The first-order valence-corrected chi connectivity index (χ1v) is 11.4. The van der Waals surface area contributed by atoms with E-state index in [1.807, 2.05) is 36.4 Å². The summed E-state index contributed by atoms with van der Waals surface area (Å²) in [6.07, 6.45) is 1.40. The number of aromatic nitrogens is 4. The lowest BCUT2D eigenvalue weighted by Gasteiger charge is -2.17. The molecule has 33 heavy (non-hydrogen) atoms. The molecule has 3 aromatic heterocycles. The van der Waals surface area contributed by atoms with Crippen molar-refractivity contribution in [2.75, 3.05) is 0 Å². The molecule has 0 aliphatic heterocycles. The van der Waals surface area contributed by atoms with Crippen LogP contribution in [0.1, 0.15) is 34.8 Å². The third-order valence-electron chi connectivity index (χ3n) is 5.88. The van der Waals surface area contributed by atoms with E-state index in [1.165, 1.54) is 21.7 Å². The summed E-state index contributed by atoms with van der Waals surface area (Å²) < 4.78 is 8.90. The summed E-state index contributed by atoms with van der Waals surface area (Å²) in [5.41, 5.74) is 4.68. The minimum absolute atomic E-state index is 0.225. The van der Waals surface area contributed by atoms with Crippen molar-refractivity contribution in [1.29, 1.82) is 0 Å². The zero-order chi connectivity index (χ0) is 23.1. The van der Waals surface area contributed by atoms with Crippen LogP contribution in [0.3, 0.4) is 0 Å². The number of benzene rings is 2. The van der Waals surface area contributed by atoms with Crippen molar-refractivity contribution in [2.24, 2.45) is 0 Å². The standard InChI is InChI=1S/C25H22N4O3S/c1-15-11-16(2)23-18(27-33-21(23)12-15)14-28-19-9-6-10-26-24(19)29(25(28)32)20(13-22(30)31)17-7-4-3-5-8-17/h3-12,20H,13-14H2,1-2H3,(H,30,31). The van der Waals surface area contributed by atoms with Crippen LogP contribution in [0.4, 0.5) is 0 Å². The second kappa shape index (κ2) is 8.29. The molecule has 0 aliphatic carbocycles. The molecule has 0 saturated heterocycles. The largest absolute Gasteiger partial charge is 0.481 e. The maximum atomic E-state index is 13.8. The van der Waals surface area contributed by atoms with Gasteiger partial charge in [-0.05, 0) is 60.3 Å². The molecule has 3 heterocycles. The van der Waals surface area contributed by atoms with Gasteiger partial charge in [-0.3, -0.25) is 13.9 Å². The number of hydrogen-bond acceptors (Lipinski definition) is 5. The maximum Gasteiger partial charge on any atom is 0.331 e. The first kappa shape index (κ1) is 21.1. The predicted molar refractivity (Wildman–Crippen MR) is 129 cm³/mol. The average molecular weight is 459 g/mol. The summed E-state index contributed by atoms with van der Waals surface area (Å²) in [5, 5.41) is 10.7. The SMILES string of the molecule is Cc1cc(C)c2c(Cn3c(=O)n(C(CC(=O)O)c4ccccc4)c4ncccc43)nsc2c1. The van der Waals surface area contributed by atoms with E-state index in [0.29, 0.717) is 11.2 Å². The predicted octanol–water partition coefficient (Wildman–Crippen LogP) is 4.54. The molecule has 8 heteroatoms. The lowest BCUT2D eigenvalue weighted by molar-refractivity contribution is -0.137. The van der Waals surface area contributed by atoms with E-state index in [-0.39, 0.29) is 18.7 Å². The van der Waals surface area contributed by atoms with Crippen molar-refractivity contribution in [3.63, 3.8) is 0 Å². The van der Waals surface area contributed by atoms with Gasteiger partial charge in [0.05, 0.1) is 34.9 Å². The topological polar surface area (TPSA) is 90.0 Å². The van der Waals surface area contributed by atoms with Gasteiger partial charge >= 0.3 is 11.7 Å². The van der Waals surface area contributed by atoms with Gasteiger partial charge in [0.1, 0.15) is 0 Å². The Morgan fingerprint density at radius 3 is 2.67 bits per heavy atom. The third-order valence-corrected chi connectivity index (χ3v) is 6.71. The second-order valence-electron chi connectivity index (χ2n) is 8.19. The number of aryl methyl sites for hydroxylation is 2. The van der Waals surface area contributed by atoms with Crippen LogP contribution >= 0.6 is 11.5 Å². The fourth-order valence-corrected chi connectivity index (χ4v) is 5.49. The van der Waals surface area contributed by atoms with E-state index in [9.17, 15) is 14.7 Å². The van der Waals surface area contributed by atoms with E-state index in [2.05, 4.69) is 35.3 Å². The molecule has 0 spiro atoms. The summed E-state index contributed by atoms with van der Waals surface area (Å²) >= 11 is 1.43. The molecule has 0 bridgehead atoms.